The summed E-state index contributed by atoms with van der Waals surface area (Å²) in [5.74, 6) is 1.06. The highest BCUT2D eigenvalue weighted by Gasteiger charge is 2.19. The van der Waals surface area contributed by atoms with Crippen LogP contribution in [-0.4, -0.2) is 87.9 Å². The molecule has 1 aromatic carbocycles. The molecule has 4 aromatic rings. The Morgan fingerprint density at radius 1 is 0.978 bits per heavy atom. The summed E-state index contributed by atoms with van der Waals surface area (Å²) < 4.78 is 6.99. The lowest BCUT2D eigenvalue weighted by molar-refractivity contribution is 0.0398. The summed E-state index contributed by atoms with van der Waals surface area (Å²) in [5, 5.41) is 16.9. The van der Waals surface area contributed by atoms with Gasteiger partial charge < -0.3 is 26.0 Å². The molecule has 0 saturated carbocycles. The molecule has 4 heterocycles. The number of carbonyl (C=O) groups excluding carboxylic acids is 2. The van der Waals surface area contributed by atoms with Gasteiger partial charge in [0.2, 0.25) is 0 Å². The quantitative estimate of drug-likeness (QED) is 0.208. The highest BCUT2D eigenvalue weighted by molar-refractivity contribution is 6.04. The fraction of sp³-hybridized carbons (Fsp3) is 0.375. The highest BCUT2D eigenvalue weighted by atomic mass is 16.5. The van der Waals surface area contributed by atoms with Crippen LogP contribution in [-0.2, 0) is 10.2 Å². The standard InChI is InChI=1S/C32H40N10O3/c1-21-6-7-23(38-30(43)22-8-9-34-26(16-22)32(2,3)4)17-24(21)39-29-18-25(31(44)33-5)40-42(29)28-19-27(36-20-37-28)35-10-11-41-12-14-45-15-13-41/h6-9,16-20,39H,10-15H2,1-5H3,(H,33,44)(H,38,43)(H,35,36,37). The van der Waals surface area contributed by atoms with Crippen molar-refractivity contribution in [2.75, 3.05) is 62.4 Å². The van der Waals surface area contributed by atoms with Gasteiger partial charge in [-0.2, -0.15) is 9.78 Å². The zero-order valence-corrected chi connectivity index (χ0v) is 26.3. The molecule has 0 aliphatic carbocycles. The molecule has 236 valence electrons. The van der Waals surface area contributed by atoms with E-state index in [0.29, 0.717) is 35.2 Å². The van der Waals surface area contributed by atoms with E-state index in [9.17, 15) is 9.59 Å². The number of morpholine rings is 1. The third-order valence-electron chi connectivity index (χ3n) is 7.43. The minimum atomic E-state index is -0.334. The summed E-state index contributed by atoms with van der Waals surface area (Å²) in [5.41, 5.74) is 3.65. The lowest BCUT2D eigenvalue weighted by atomic mass is 9.91. The van der Waals surface area contributed by atoms with Gasteiger partial charge in [-0.15, -0.1) is 0 Å². The lowest BCUT2D eigenvalue weighted by Crippen LogP contribution is -2.39. The Morgan fingerprint density at radius 3 is 2.53 bits per heavy atom. The van der Waals surface area contributed by atoms with Gasteiger partial charge >= 0.3 is 0 Å². The van der Waals surface area contributed by atoms with Crippen LogP contribution in [0.1, 0.15) is 52.9 Å². The zero-order valence-electron chi connectivity index (χ0n) is 26.3. The number of nitrogens with one attached hydrogen (secondary N) is 4. The molecule has 4 N–H and O–H groups in total. The Hall–Kier alpha value is -4.88. The molecule has 1 aliphatic heterocycles. The molecular weight excluding hydrogens is 572 g/mol. The lowest BCUT2D eigenvalue weighted by Gasteiger charge is -2.26. The Balaban J connectivity index is 1.36. The van der Waals surface area contributed by atoms with E-state index < -0.39 is 0 Å². The molecule has 0 bridgehead atoms. The Morgan fingerprint density at radius 2 is 1.78 bits per heavy atom. The van der Waals surface area contributed by atoms with Gasteiger partial charge in [0.15, 0.2) is 11.5 Å². The normalized spacial score (nSPS) is 13.7. The maximum atomic E-state index is 13.1. The molecule has 0 radical (unpaired) electrons. The van der Waals surface area contributed by atoms with Crippen molar-refractivity contribution in [2.24, 2.45) is 0 Å². The smallest absolute Gasteiger partial charge is 0.271 e. The summed E-state index contributed by atoms with van der Waals surface area (Å²) in [7, 11) is 1.55. The van der Waals surface area contributed by atoms with E-state index in [1.165, 1.54) is 6.33 Å². The largest absolute Gasteiger partial charge is 0.379 e. The van der Waals surface area contributed by atoms with Gasteiger partial charge in [-0.25, -0.2) is 9.97 Å². The fourth-order valence-electron chi connectivity index (χ4n) is 4.77. The molecule has 45 heavy (non-hydrogen) atoms. The van der Waals surface area contributed by atoms with E-state index in [1.54, 1.807) is 36.1 Å². The van der Waals surface area contributed by atoms with Crippen molar-refractivity contribution in [1.82, 2.24) is 34.9 Å². The maximum absolute atomic E-state index is 13.1. The number of carbonyl (C=O) groups is 2. The number of nitrogens with zero attached hydrogens (tertiary/aromatic N) is 6. The molecule has 5 rings (SSSR count). The SMILES string of the molecule is CNC(=O)c1cc(Nc2cc(NC(=O)c3ccnc(C(C)(C)C)c3)ccc2C)n(-c2cc(NCCN3CCOCC3)ncn2)n1. The maximum Gasteiger partial charge on any atom is 0.271 e. The molecule has 1 saturated heterocycles. The van der Waals surface area contributed by atoms with Gasteiger partial charge in [-0.05, 0) is 36.8 Å². The van der Waals surface area contributed by atoms with Crippen molar-refractivity contribution < 1.29 is 14.3 Å². The summed E-state index contributed by atoms with van der Waals surface area (Å²) in [4.78, 5) is 41.3. The Labute approximate surface area is 262 Å². The van der Waals surface area contributed by atoms with E-state index >= 15 is 0 Å². The van der Waals surface area contributed by atoms with E-state index in [1.807, 2.05) is 31.2 Å². The molecule has 13 nitrogen and oxygen atoms in total. The summed E-state index contributed by atoms with van der Waals surface area (Å²) >= 11 is 0. The molecule has 3 aromatic heterocycles. The van der Waals surface area contributed by atoms with Crippen molar-refractivity contribution in [3.63, 3.8) is 0 Å². The predicted octanol–water partition coefficient (Wildman–Crippen LogP) is 3.76. The second kappa shape index (κ2) is 13.8. The van der Waals surface area contributed by atoms with E-state index in [2.05, 4.69) is 67.0 Å². The van der Waals surface area contributed by atoms with Crippen LogP contribution in [0, 0.1) is 6.92 Å². The van der Waals surface area contributed by atoms with Gasteiger partial charge in [0, 0.05) is 79.6 Å². The topological polar surface area (TPSA) is 151 Å². The highest BCUT2D eigenvalue weighted by Crippen LogP contribution is 2.27. The van der Waals surface area contributed by atoms with Crippen LogP contribution in [0.2, 0.25) is 0 Å². The Kier molecular flexibility index (Phi) is 9.69. The molecule has 0 spiro atoms. The molecular formula is C32H40N10O3. The summed E-state index contributed by atoms with van der Waals surface area (Å²) in [6, 6.07) is 12.6. The third kappa shape index (κ3) is 7.99. The number of benzene rings is 1. The van der Waals surface area contributed by atoms with Crippen LogP contribution < -0.4 is 21.3 Å². The van der Waals surface area contributed by atoms with Crippen LogP contribution in [0.15, 0.2) is 55.0 Å². The summed E-state index contributed by atoms with van der Waals surface area (Å²) in [6.45, 7) is 13.0. The second-order valence-corrected chi connectivity index (χ2v) is 11.8. The number of aromatic nitrogens is 5. The molecule has 1 fully saturated rings. The second-order valence-electron chi connectivity index (χ2n) is 11.8. The average Bonchev–Trinajstić information content (AvgIpc) is 3.46. The molecule has 13 heteroatoms. The van der Waals surface area contributed by atoms with E-state index in [4.69, 9.17) is 4.74 Å². The van der Waals surface area contributed by atoms with Crippen molar-refractivity contribution in [3.8, 4) is 5.82 Å². The van der Waals surface area contributed by atoms with Crippen molar-refractivity contribution in [1.29, 1.82) is 0 Å². The van der Waals surface area contributed by atoms with Crippen LogP contribution in [0.5, 0.6) is 0 Å². The molecule has 0 atom stereocenters. The van der Waals surface area contributed by atoms with Gasteiger partial charge in [0.25, 0.3) is 11.8 Å². The van der Waals surface area contributed by atoms with Crippen LogP contribution in [0.3, 0.4) is 0 Å². The average molecular weight is 613 g/mol. The number of amides is 2. The minimum Gasteiger partial charge on any atom is -0.379 e. The van der Waals surface area contributed by atoms with Crippen molar-refractivity contribution >= 4 is 34.8 Å². The van der Waals surface area contributed by atoms with Crippen LogP contribution >= 0.6 is 0 Å². The molecule has 0 unspecified atom stereocenters. The first kappa shape index (κ1) is 31.5. The number of hydrogen-bond donors (Lipinski definition) is 4. The third-order valence-corrected chi connectivity index (χ3v) is 7.43. The monoisotopic (exact) mass is 612 g/mol. The number of aryl methyl sites for hydroxylation is 1. The predicted molar refractivity (Wildman–Crippen MR) is 174 cm³/mol. The zero-order chi connectivity index (χ0) is 32.0. The fourth-order valence-corrected chi connectivity index (χ4v) is 4.77. The van der Waals surface area contributed by atoms with Crippen molar-refractivity contribution in [2.45, 2.75) is 33.1 Å². The molecule has 2 amide bonds. The van der Waals surface area contributed by atoms with E-state index in [0.717, 1.165) is 49.8 Å². The molecule has 1 aliphatic rings. The number of hydrogen-bond acceptors (Lipinski definition) is 10. The number of pyridine rings is 1. The minimum absolute atomic E-state index is 0.183. The van der Waals surface area contributed by atoms with Gasteiger partial charge in [-0.1, -0.05) is 26.8 Å². The van der Waals surface area contributed by atoms with Crippen molar-refractivity contribution in [3.05, 3.63) is 77.5 Å². The van der Waals surface area contributed by atoms with Gasteiger partial charge in [0.05, 0.1) is 13.2 Å². The van der Waals surface area contributed by atoms with Gasteiger partial charge in [0.1, 0.15) is 18.0 Å². The van der Waals surface area contributed by atoms with Crippen LogP contribution in [0.25, 0.3) is 5.82 Å². The first-order valence-electron chi connectivity index (χ1n) is 14.9. The van der Waals surface area contributed by atoms with Gasteiger partial charge in [-0.3, -0.25) is 19.5 Å². The number of anilines is 4. The van der Waals surface area contributed by atoms with Crippen LogP contribution in [0.4, 0.5) is 23.0 Å². The Bertz CT molecular complexity index is 1660. The van der Waals surface area contributed by atoms with E-state index in [-0.39, 0.29) is 22.9 Å². The summed E-state index contributed by atoms with van der Waals surface area (Å²) in [6.07, 6.45) is 3.12. The first-order valence-corrected chi connectivity index (χ1v) is 14.9. The first-order chi connectivity index (χ1) is 21.6. The number of ether oxygens (including phenoxy) is 1. The number of rotatable bonds is 10.